The van der Waals surface area contributed by atoms with Gasteiger partial charge in [-0.05, 0) is 24.3 Å². The van der Waals surface area contributed by atoms with E-state index in [9.17, 15) is 13.2 Å². The summed E-state index contributed by atoms with van der Waals surface area (Å²) < 4.78 is 50.1. The normalized spacial score (nSPS) is 11.4. The number of benzene rings is 1. The minimum Gasteiger partial charge on any atom is -0.487 e. The molecule has 0 aliphatic heterocycles. The number of halogens is 4. The van der Waals surface area contributed by atoms with Gasteiger partial charge in [0, 0.05) is 24.2 Å². The van der Waals surface area contributed by atoms with Gasteiger partial charge in [0.15, 0.2) is 5.69 Å². The molecule has 0 N–H and O–H groups in total. The minimum atomic E-state index is -4.54. The van der Waals surface area contributed by atoms with E-state index in [-0.39, 0.29) is 18.4 Å². The molecule has 0 aliphatic rings. The Morgan fingerprint density at radius 2 is 1.88 bits per heavy atom. The van der Waals surface area contributed by atoms with E-state index in [0.717, 1.165) is 10.7 Å². The highest BCUT2D eigenvalue weighted by Gasteiger charge is 2.35. The molecule has 0 amide bonds. The van der Waals surface area contributed by atoms with Crippen molar-refractivity contribution in [2.75, 3.05) is 0 Å². The average molecular weight is 384 g/mol. The first-order valence-electron chi connectivity index (χ1n) is 7.44. The van der Waals surface area contributed by atoms with Crippen LogP contribution in [0.4, 0.5) is 13.2 Å². The quantitative estimate of drug-likeness (QED) is 0.631. The zero-order chi connectivity index (χ0) is 18.7. The summed E-state index contributed by atoms with van der Waals surface area (Å²) in [5.74, 6) is 0.638. The lowest BCUT2D eigenvalue weighted by Crippen LogP contribution is -2.06. The van der Waals surface area contributed by atoms with Crippen LogP contribution in [0.1, 0.15) is 11.4 Å². The monoisotopic (exact) mass is 383 g/mol. The lowest BCUT2D eigenvalue weighted by molar-refractivity contribution is -0.141. The van der Waals surface area contributed by atoms with E-state index in [0.29, 0.717) is 16.5 Å². The maximum Gasteiger partial charge on any atom is 0.435 e. The number of hydrogen-bond donors (Lipinski definition) is 0. The Balaban J connectivity index is 1.70. The highest BCUT2D eigenvalue weighted by molar-refractivity contribution is 6.30. The van der Waals surface area contributed by atoms with Gasteiger partial charge in [0.1, 0.15) is 12.4 Å². The molecule has 0 atom stereocenters. The minimum absolute atomic E-state index is 0.0715. The number of aryl methyl sites for hydroxylation is 1. The molecule has 136 valence electrons. The van der Waals surface area contributed by atoms with Crippen LogP contribution in [0.2, 0.25) is 5.02 Å². The van der Waals surface area contributed by atoms with Crippen molar-refractivity contribution >= 4 is 11.6 Å². The van der Waals surface area contributed by atoms with Crippen molar-refractivity contribution in [1.82, 2.24) is 14.8 Å². The van der Waals surface area contributed by atoms with Crippen molar-refractivity contribution in [3.8, 4) is 17.5 Å². The van der Waals surface area contributed by atoms with Gasteiger partial charge in [0.25, 0.3) is 0 Å². The molecule has 0 radical (unpaired) electrons. The summed E-state index contributed by atoms with van der Waals surface area (Å²) in [7, 11) is 1.36. The van der Waals surface area contributed by atoms with Crippen molar-refractivity contribution in [2.45, 2.75) is 12.8 Å². The summed E-state index contributed by atoms with van der Waals surface area (Å²) >= 11 is 5.89. The highest BCUT2D eigenvalue weighted by atomic mass is 35.5. The van der Waals surface area contributed by atoms with Gasteiger partial charge in [-0.2, -0.15) is 18.3 Å². The number of ether oxygens (including phenoxy) is 2. The molecule has 9 heteroatoms. The molecule has 0 saturated carbocycles. The second kappa shape index (κ2) is 7.25. The van der Waals surface area contributed by atoms with Gasteiger partial charge >= 0.3 is 6.18 Å². The van der Waals surface area contributed by atoms with Crippen LogP contribution in [0.25, 0.3) is 0 Å². The Hall–Kier alpha value is -2.74. The van der Waals surface area contributed by atoms with E-state index < -0.39 is 11.9 Å². The summed E-state index contributed by atoms with van der Waals surface area (Å²) in [6.07, 6.45) is -4.54. The van der Waals surface area contributed by atoms with E-state index in [2.05, 4.69) is 10.1 Å². The molecule has 0 spiro atoms. The third-order valence-corrected chi connectivity index (χ3v) is 3.54. The Kier molecular flexibility index (Phi) is 5.03. The van der Waals surface area contributed by atoms with Crippen LogP contribution in [-0.4, -0.2) is 14.8 Å². The van der Waals surface area contributed by atoms with Crippen LogP contribution in [0, 0.1) is 0 Å². The highest BCUT2D eigenvalue weighted by Crippen LogP contribution is 2.31. The van der Waals surface area contributed by atoms with Crippen molar-refractivity contribution < 1.29 is 22.6 Å². The van der Waals surface area contributed by atoms with E-state index in [4.69, 9.17) is 21.1 Å². The molecule has 0 bridgehead atoms. The molecule has 2 aromatic heterocycles. The van der Waals surface area contributed by atoms with Crippen LogP contribution in [0.5, 0.6) is 17.5 Å². The third kappa shape index (κ3) is 4.45. The molecule has 5 nitrogen and oxygen atoms in total. The fourth-order valence-electron chi connectivity index (χ4n) is 2.10. The molecule has 1 aromatic carbocycles. The molecule has 0 unspecified atom stereocenters. The summed E-state index contributed by atoms with van der Waals surface area (Å²) in [4.78, 5) is 4.22. The van der Waals surface area contributed by atoms with E-state index >= 15 is 0 Å². The fourth-order valence-corrected chi connectivity index (χ4v) is 2.28. The van der Waals surface area contributed by atoms with Crippen molar-refractivity contribution in [2.24, 2.45) is 7.05 Å². The summed E-state index contributed by atoms with van der Waals surface area (Å²) in [6, 6.07) is 12.6. The maximum absolute atomic E-state index is 12.7. The molecule has 0 aliphatic carbocycles. The van der Waals surface area contributed by atoms with Crippen LogP contribution in [0.15, 0.2) is 48.5 Å². The summed E-state index contributed by atoms with van der Waals surface area (Å²) in [6.45, 7) is 0.150. The first-order valence-corrected chi connectivity index (χ1v) is 7.82. The van der Waals surface area contributed by atoms with Gasteiger partial charge in [-0.15, -0.1) is 0 Å². The molecule has 26 heavy (non-hydrogen) atoms. The van der Waals surface area contributed by atoms with Crippen LogP contribution < -0.4 is 9.47 Å². The Labute approximate surface area is 151 Å². The standard InChI is InChI=1S/C17H13ClF3N3O2/c1-24-16(9-14(23-24)17(19,20)21)26-15-7-3-5-12(22-15)10-25-13-6-2-4-11(18)8-13/h2-9H,10H2,1H3. The fraction of sp³-hybridized carbons (Fsp3) is 0.176. The Morgan fingerprint density at radius 3 is 2.58 bits per heavy atom. The number of hydrogen-bond acceptors (Lipinski definition) is 4. The van der Waals surface area contributed by atoms with Gasteiger partial charge in [-0.3, -0.25) is 0 Å². The van der Waals surface area contributed by atoms with E-state index in [1.165, 1.54) is 13.1 Å². The van der Waals surface area contributed by atoms with Gasteiger partial charge in [-0.25, -0.2) is 9.67 Å². The van der Waals surface area contributed by atoms with Crippen molar-refractivity contribution in [3.05, 3.63) is 64.9 Å². The predicted molar refractivity (Wildman–Crippen MR) is 88.3 cm³/mol. The summed E-state index contributed by atoms with van der Waals surface area (Å²) in [5.41, 5.74) is -0.490. The van der Waals surface area contributed by atoms with Crippen molar-refractivity contribution in [3.63, 3.8) is 0 Å². The number of nitrogens with zero attached hydrogens (tertiary/aromatic N) is 3. The second-order valence-electron chi connectivity index (χ2n) is 5.30. The first kappa shape index (κ1) is 18.1. The average Bonchev–Trinajstić information content (AvgIpc) is 2.95. The number of aromatic nitrogens is 3. The van der Waals surface area contributed by atoms with Gasteiger partial charge in [0.2, 0.25) is 11.8 Å². The third-order valence-electron chi connectivity index (χ3n) is 3.30. The number of rotatable bonds is 5. The summed E-state index contributed by atoms with van der Waals surface area (Å²) in [5, 5.41) is 3.93. The Morgan fingerprint density at radius 1 is 1.12 bits per heavy atom. The van der Waals surface area contributed by atoms with Gasteiger partial charge < -0.3 is 9.47 Å². The van der Waals surface area contributed by atoms with E-state index in [1.54, 1.807) is 36.4 Å². The predicted octanol–water partition coefficient (Wildman–Crippen LogP) is 4.86. The SMILES string of the molecule is Cn1nc(C(F)(F)F)cc1Oc1cccc(COc2cccc(Cl)c2)n1. The zero-order valence-corrected chi connectivity index (χ0v) is 14.3. The largest absolute Gasteiger partial charge is 0.487 e. The smallest absolute Gasteiger partial charge is 0.435 e. The molecular weight excluding hydrogens is 371 g/mol. The zero-order valence-electron chi connectivity index (χ0n) is 13.5. The molecule has 3 rings (SSSR count). The van der Waals surface area contributed by atoms with Crippen LogP contribution >= 0.6 is 11.6 Å². The molecule has 3 aromatic rings. The number of pyridine rings is 1. The molecule has 0 saturated heterocycles. The lowest BCUT2D eigenvalue weighted by atomic mass is 10.3. The van der Waals surface area contributed by atoms with Crippen LogP contribution in [0.3, 0.4) is 0 Å². The maximum atomic E-state index is 12.7. The molecule has 2 heterocycles. The first-order chi connectivity index (χ1) is 12.3. The topological polar surface area (TPSA) is 49.2 Å². The van der Waals surface area contributed by atoms with Crippen molar-refractivity contribution in [1.29, 1.82) is 0 Å². The second-order valence-corrected chi connectivity index (χ2v) is 5.74. The number of alkyl halides is 3. The molecule has 0 fully saturated rings. The molecular formula is C17H13ClF3N3O2. The van der Waals surface area contributed by atoms with Crippen LogP contribution in [-0.2, 0) is 19.8 Å². The van der Waals surface area contributed by atoms with E-state index in [1.807, 2.05) is 0 Å². The Bertz CT molecular complexity index is 912. The lowest BCUT2D eigenvalue weighted by Gasteiger charge is -2.08. The van der Waals surface area contributed by atoms with Gasteiger partial charge in [-0.1, -0.05) is 23.7 Å². The van der Waals surface area contributed by atoms with Gasteiger partial charge in [0.05, 0.1) is 5.69 Å².